The first-order valence-electron chi connectivity index (χ1n) is 5.29. The lowest BCUT2D eigenvalue weighted by atomic mass is 10.2. The van der Waals surface area contributed by atoms with Crippen molar-refractivity contribution in [3.8, 4) is 0 Å². The summed E-state index contributed by atoms with van der Waals surface area (Å²) in [6.07, 6.45) is 4.18. The second-order valence-corrected chi connectivity index (χ2v) is 4.31. The summed E-state index contributed by atoms with van der Waals surface area (Å²) >= 11 is 5.79. The van der Waals surface area contributed by atoms with Gasteiger partial charge in [0.25, 0.3) is 5.91 Å². The second-order valence-electron chi connectivity index (χ2n) is 3.88. The summed E-state index contributed by atoms with van der Waals surface area (Å²) in [7, 11) is 1.69. The van der Waals surface area contributed by atoms with Crippen LogP contribution in [0.4, 0.5) is 5.69 Å². The summed E-state index contributed by atoms with van der Waals surface area (Å²) in [4.78, 5) is 26.5. The molecule has 6 nitrogen and oxygen atoms in total. The highest BCUT2D eigenvalue weighted by Crippen LogP contribution is 2.15. The Labute approximate surface area is 113 Å². The lowest BCUT2D eigenvalue weighted by molar-refractivity contribution is 0.0696. The summed E-state index contributed by atoms with van der Waals surface area (Å²) < 4.78 is 1.58. The van der Waals surface area contributed by atoms with Gasteiger partial charge in [0, 0.05) is 19.4 Å². The molecule has 0 saturated carbocycles. The normalized spacial score (nSPS) is 10.2. The second kappa shape index (κ2) is 5.11. The van der Waals surface area contributed by atoms with Crippen molar-refractivity contribution in [2.45, 2.75) is 0 Å². The number of carbonyl (C=O) groups is 2. The molecular formula is C12H10ClN3O3. The molecule has 0 aliphatic heterocycles. The molecule has 1 amide bonds. The molecule has 2 aromatic rings. The van der Waals surface area contributed by atoms with Gasteiger partial charge >= 0.3 is 5.97 Å². The van der Waals surface area contributed by atoms with E-state index in [1.807, 2.05) is 0 Å². The molecule has 0 saturated heterocycles. The van der Waals surface area contributed by atoms with Gasteiger partial charge in [0.15, 0.2) is 0 Å². The van der Waals surface area contributed by atoms with E-state index >= 15 is 0 Å². The van der Waals surface area contributed by atoms with E-state index in [0.29, 0.717) is 16.4 Å². The molecule has 0 fully saturated rings. The van der Waals surface area contributed by atoms with E-state index in [1.165, 1.54) is 24.5 Å². The van der Waals surface area contributed by atoms with Gasteiger partial charge in [-0.05, 0) is 12.1 Å². The Morgan fingerprint density at radius 1 is 1.37 bits per heavy atom. The first kappa shape index (κ1) is 13.1. The first-order chi connectivity index (χ1) is 8.97. The topological polar surface area (TPSA) is 84.2 Å². The monoisotopic (exact) mass is 279 g/mol. The van der Waals surface area contributed by atoms with E-state index in [1.54, 1.807) is 17.8 Å². The Kier molecular flexibility index (Phi) is 3.52. The first-order valence-corrected chi connectivity index (χ1v) is 5.66. The molecule has 0 unspecified atom stereocenters. The summed E-state index contributed by atoms with van der Waals surface area (Å²) in [6, 6.07) is 2.85. The van der Waals surface area contributed by atoms with Gasteiger partial charge in [-0.25, -0.2) is 4.79 Å². The van der Waals surface area contributed by atoms with Crippen LogP contribution in [0.15, 0.2) is 30.7 Å². The minimum atomic E-state index is -1.11. The van der Waals surface area contributed by atoms with Crippen LogP contribution in [0.5, 0.6) is 0 Å². The van der Waals surface area contributed by atoms with Gasteiger partial charge in [-0.15, -0.1) is 0 Å². The highest BCUT2D eigenvalue weighted by atomic mass is 35.5. The molecule has 2 aromatic heterocycles. The van der Waals surface area contributed by atoms with E-state index in [9.17, 15) is 9.59 Å². The van der Waals surface area contributed by atoms with Crippen LogP contribution in [-0.2, 0) is 7.05 Å². The number of pyridine rings is 1. The van der Waals surface area contributed by atoms with Crippen LogP contribution < -0.4 is 5.32 Å². The maximum absolute atomic E-state index is 12.0. The van der Waals surface area contributed by atoms with Crippen LogP contribution in [0, 0.1) is 0 Å². The zero-order chi connectivity index (χ0) is 14.0. The van der Waals surface area contributed by atoms with Gasteiger partial charge < -0.3 is 15.0 Å². The largest absolute Gasteiger partial charge is 0.478 e. The Hall–Kier alpha value is -2.34. The maximum atomic E-state index is 12.0. The minimum absolute atomic E-state index is 0.00251. The third kappa shape index (κ3) is 2.92. The van der Waals surface area contributed by atoms with Crippen LogP contribution in [0.25, 0.3) is 0 Å². The fourth-order valence-electron chi connectivity index (χ4n) is 1.57. The number of nitrogens with zero attached hydrogens (tertiary/aromatic N) is 2. The van der Waals surface area contributed by atoms with Crippen molar-refractivity contribution in [2.75, 3.05) is 5.32 Å². The number of amides is 1. The van der Waals surface area contributed by atoms with Crippen molar-refractivity contribution in [1.82, 2.24) is 9.55 Å². The molecular weight excluding hydrogens is 270 g/mol. The molecule has 0 atom stereocenters. The number of hydrogen-bond donors (Lipinski definition) is 2. The van der Waals surface area contributed by atoms with E-state index in [2.05, 4.69) is 10.3 Å². The third-order valence-electron chi connectivity index (χ3n) is 2.45. The van der Waals surface area contributed by atoms with Gasteiger partial charge in [0.2, 0.25) is 0 Å². The number of hydrogen-bond acceptors (Lipinski definition) is 3. The Morgan fingerprint density at radius 2 is 2.11 bits per heavy atom. The predicted octanol–water partition coefficient (Wildman–Crippen LogP) is 2.02. The highest BCUT2D eigenvalue weighted by molar-refractivity contribution is 6.31. The number of aromatic carboxylic acids is 1. The fraction of sp³-hybridized carbons (Fsp3) is 0.0833. The van der Waals surface area contributed by atoms with E-state index in [0.717, 1.165) is 0 Å². The van der Waals surface area contributed by atoms with Crippen LogP contribution in [0.1, 0.15) is 20.8 Å². The number of carboxylic acid groups (broad SMARTS) is 1. The summed E-state index contributed by atoms with van der Waals surface area (Å²) in [5, 5.41) is 11.8. The zero-order valence-electron chi connectivity index (χ0n) is 9.92. The number of halogens is 1. The van der Waals surface area contributed by atoms with E-state index in [4.69, 9.17) is 16.7 Å². The lowest BCUT2D eigenvalue weighted by Crippen LogP contribution is -2.15. The number of anilines is 1. The smallest absolute Gasteiger partial charge is 0.337 e. The number of rotatable bonds is 3. The van der Waals surface area contributed by atoms with Crippen molar-refractivity contribution in [2.24, 2.45) is 7.05 Å². The summed E-state index contributed by atoms with van der Waals surface area (Å²) in [5.41, 5.74) is 0.677. The molecule has 0 aliphatic carbocycles. The van der Waals surface area contributed by atoms with Crippen molar-refractivity contribution in [1.29, 1.82) is 0 Å². The standard InChI is InChI=1S/C12H10ClN3O3/c1-16-6-8(13)3-10(16)11(17)15-9-2-7(12(18)19)4-14-5-9/h2-6H,1H3,(H,15,17)(H,18,19). The van der Waals surface area contributed by atoms with Crippen LogP contribution in [0.2, 0.25) is 5.02 Å². The van der Waals surface area contributed by atoms with Gasteiger partial charge in [-0.1, -0.05) is 11.6 Å². The Bertz CT molecular complexity index is 651. The number of carboxylic acids is 1. The molecule has 2 N–H and O–H groups in total. The van der Waals surface area contributed by atoms with Crippen LogP contribution >= 0.6 is 11.6 Å². The number of nitrogens with one attached hydrogen (secondary N) is 1. The molecule has 0 bridgehead atoms. The van der Waals surface area contributed by atoms with Gasteiger partial charge in [-0.3, -0.25) is 9.78 Å². The average Bonchev–Trinajstić information content (AvgIpc) is 2.69. The van der Waals surface area contributed by atoms with E-state index in [-0.39, 0.29) is 5.56 Å². The Morgan fingerprint density at radius 3 is 2.68 bits per heavy atom. The van der Waals surface area contributed by atoms with Gasteiger partial charge in [0.1, 0.15) is 5.69 Å². The SMILES string of the molecule is Cn1cc(Cl)cc1C(=O)Nc1cncc(C(=O)O)c1. The van der Waals surface area contributed by atoms with Crippen molar-refractivity contribution >= 4 is 29.2 Å². The average molecular weight is 280 g/mol. The predicted molar refractivity (Wildman–Crippen MR) is 69.6 cm³/mol. The molecule has 19 heavy (non-hydrogen) atoms. The molecule has 2 rings (SSSR count). The molecule has 0 aliphatic rings. The summed E-state index contributed by atoms with van der Waals surface area (Å²) in [5.74, 6) is -1.50. The quantitative estimate of drug-likeness (QED) is 0.900. The molecule has 0 radical (unpaired) electrons. The van der Waals surface area contributed by atoms with Gasteiger partial charge in [0.05, 0.1) is 22.5 Å². The highest BCUT2D eigenvalue weighted by Gasteiger charge is 2.12. The number of carbonyl (C=O) groups excluding carboxylic acids is 1. The van der Waals surface area contributed by atoms with E-state index < -0.39 is 11.9 Å². The lowest BCUT2D eigenvalue weighted by Gasteiger charge is -2.06. The van der Waals surface area contributed by atoms with Crippen molar-refractivity contribution < 1.29 is 14.7 Å². The van der Waals surface area contributed by atoms with Gasteiger partial charge in [-0.2, -0.15) is 0 Å². The maximum Gasteiger partial charge on any atom is 0.337 e. The van der Waals surface area contributed by atoms with Crippen LogP contribution in [0.3, 0.4) is 0 Å². The molecule has 98 valence electrons. The fourth-order valence-corrected chi connectivity index (χ4v) is 1.82. The molecule has 7 heteroatoms. The zero-order valence-corrected chi connectivity index (χ0v) is 10.7. The molecule has 2 heterocycles. The summed E-state index contributed by atoms with van der Waals surface area (Å²) in [6.45, 7) is 0. The number of aryl methyl sites for hydroxylation is 1. The minimum Gasteiger partial charge on any atom is -0.478 e. The number of aromatic nitrogens is 2. The molecule has 0 spiro atoms. The molecule has 0 aromatic carbocycles. The van der Waals surface area contributed by atoms with Crippen LogP contribution in [-0.4, -0.2) is 26.5 Å². The Balaban J connectivity index is 2.21. The van der Waals surface area contributed by atoms with Crippen molar-refractivity contribution in [3.63, 3.8) is 0 Å². The van der Waals surface area contributed by atoms with Crippen molar-refractivity contribution in [3.05, 3.63) is 47.0 Å². The third-order valence-corrected chi connectivity index (χ3v) is 2.65.